The highest BCUT2D eigenvalue weighted by molar-refractivity contribution is 5.47. The summed E-state index contributed by atoms with van der Waals surface area (Å²) in [4.78, 5) is 8.93. The molecular formula is C15H28N4O. The molecule has 1 aromatic rings. The van der Waals surface area contributed by atoms with Crippen molar-refractivity contribution in [3.8, 4) is 0 Å². The van der Waals surface area contributed by atoms with Crippen LogP contribution in [-0.4, -0.2) is 29.7 Å². The van der Waals surface area contributed by atoms with E-state index in [0.29, 0.717) is 30.9 Å². The lowest BCUT2D eigenvalue weighted by Gasteiger charge is -2.17. The summed E-state index contributed by atoms with van der Waals surface area (Å²) in [5, 5.41) is 6.62. The minimum Gasteiger partial charge on any atom is -0.374 e. The lowest BCUT2D eigenvalue weighted by Crippen LogP contribution is -2.18. The van der Waals surface area contributed by atoms with E-state index in [2.05, 4.69) is 48.3 Å². The molecule has 114 valence electrons. The second kappa shape index (κ2) is 8.74. The second-order valence-corrected chi connectivity index (χ2v) is 5.32. The maximum Gasteiger partial charge on any atom is 0.158 e. The van der Waals surface area contributed by atoms with Gasteiger partial charge < -0.3 is 15.4 Å². The van der Waals surface area contributed by atoms with E-state index in [1.165, 1.54) is 0 Å². The predicted molar refractivity (Wildman–Crippen MR) is 84.0 cm³/mol. The van der Waals surface area contributed by atoms with Gasteiger partial charge in [0.2, 0.25) is 0 Å². The summed E-state index contributed by atoms with van der Waals surface area (Å²) in [7, 11) is 0. The number of rotatable bonds is 9. The maximum absolute atomic E-state index is 5.39. The third-order valence-electron chi connectivity index (χ3n) is 3.31. The normalized spacial score (nSPS) is 12.5. The molecule has 0 amide bonds. The Labute approximate surface area is 122 Å². The van der Waals surface area contributed by atoms with Crippen molar-refractivity contribution in [3.63, 3.8) is 0 Å². The zero-order chi connectivity index (χ0) is 15.0. The third kappa shape index (κ3) is 5.74. The van der Waals surface area contributed by atoms with Gasteiger partial charge in [-0.15, -0.1) is 0 Å². The van der Waals surface area contributed by atoms with Crippen LogP contribution in [0.15, 0.2) is 6.07 Å². The van der Waals surface area contributed by atoms with Gasteiger partial charge in [0.15, 0.2) is 5.82 Å². The van der Waals surface area contributed by atoms with Crippen LogP contribution in [0.3, 0.4) is 0 Å². The zero-order valence-corrected chi connectivity index (χ0v) is 13.4. The summed E-state index contributed by atoms with van der Waals surface area (Å²) < 4.78 is 5.39. The molecule has 0 bridgehead atoms. The van der Waals surface area contributed by atoms with Crippen LogP contribution in [0.5, 0.6) is 0 Å². The van der Waals surface area contributed by atoms with E-state index in [1.807, 2.05) is 13.0 Å². The molecule has 0 fully saturated rings. The molecule has 0 spiro atoms. The lowest BCUT2D eigenvalue weighted by molar-refractivity contribution is 0.128. The van der Waals surface area contributed by atoms with Gasteiger partial charge in [0.1, 0.15) is 18.2 Å². The number of anilines is 2. The Hall–Kier alpha value is -1.36. The van der Waals surface area contributed by atoms with Crippen molar-refractivity contribution in [2.45, 2.75) is 41.2 Å². The van der Waals surface area contributed by atoms with Crippen LogP contribution in [0.25, 0.3) is 0 Å². The molecule has 0 aromatic carbocycles. The second-order valence-electron chi connectivity index (χ2n) is 5.32. The zero-order valence-electron chi connectivity index (χ0n) is 13.4. The van der Waals surface area contributed by atoms with E-state index in [4.69, 9.17) is 4.74 Å². The number of hydrogen-bond donors (Lipinski definition) is 2. The molecule has 0 radical (unpaired) electrons. The topological polar surface area (TPSA) is 59.1 Å². The lowest BCUT2D eigenvalue weighted by atomic mass is 9.98. The first-order chi connectivity index (χ1) is 9.56. The van der Waals surface area contributed by atoms with Crippen molar-refractivity contribution in [3.05, 3.63) is 11.9 Å². The fraction of sp³-hybridized carbons (Fsp3) is 0.733. The van der Waals surface area contributed by atoms with Crippen LogP contribution in [0.1, 0.15) is 40.4 Å². The van der Waals surface area contributed by atoms with Crippen LogP contribution in [0.4, 0.5) is 11.6 Å². The van der Waals surface area contributed by atoms with Gasteiger partial charge in [0, 0.05) is 25.8 Å². The fourth-order valence-corrected chi connectivity index (χ4v) is 1.62. The summed E-state index contributed by atoms with van der Waals surface area (Å²) >= 11 is 0. The van der Waals surface area contributed by atoms with Crippen molar-refractivity contribution in [2.75, 3.05) is 30.3 Å². The summed E-state index contributed by atoms with van der Waals surface area (Å²) in [6, 6.07) is 1.95. The van der Waals surface area contributed by atoms with Gasteiger partial charge in [0.25, 0.3) is 0 Å². The molecule has 0 saturated carbocycles. The van der Waals surface area contributed by atoms with E-state index < -0.39 is 0 Å². The van der Waals surface area contributed by atoms with Crippen LogP contribution < -0.4 is 10.6 Å². The van der Waals surface area contributed by atoms with Gasteiger partial charge in [-0.1, -0.05) is 20.8 Å². The van der Waals surface area contributed by atoms with E-state index in [0.717, 1.165) is 24.7 Å². The number of ether oxygens (including phenoxy) is 1. The SMILES string of the molecule is CCNc1cc(NCC(C)C(C)C)nc(COCC)n1. The largest absolute Gasteiger partial charge is 0.374 e. The molecular weight excluding hydrogens is 252 g/mol. The van der Waals surface area contributed by atoms with Crippen LogP contribution in [0, 0.1) is 11.8 Å². The van der Waals surface area contributed by atoms with Gasteiger partial charge in [-0.25, -0.2) is 9.97 Å². The molecule has 5 nitrogen and oxygen atoms in total. The Morgan fingerprint density at radius 2 is 1.75 bits per heavy atom. The first-order valence-electron chi connectivity index (χ1n) is 7.50. The highest BCUT2D eigenvalue weighted by Gasteiger charge is 2.09. The average Bonchev–Trinajstić information content (AvgIpc) is 2.42. The van der Waals surface area contributed by atoms with Gasteiger partial charge in [0.05, 0.1) is 0 Å². The fourth-order valence-electron chi connectivity index (χ4n) is 1.62. The Bertz CT molecular complexity index is 395. The molecule has 1 unspecified atom stereocenters. The molecule has 20 heavy (non-hydrogen) atoms. The Morgan fingerprint density at radius 3 is 2.30 bits per heavy atom. The molecule has 1 rings (SSSR count). The van der Waals surface area contributed by atoms with Gasteiger partial charge in [-0.3, -0.25) is 0 Å². The Morgan fingerprint density at radius 1 is 1.10 bits per heavy atom. The van der Waals surface area contributed by atoms with Crippen molar-refractivity contribution in [1.82, 2.24) is 9.97 Å². The van der Waals surface area contributed by atoms with Crippen molar-refractivity contribution in [1.29, 1.82) is 0 Å². The molecule has 1 aromatic heterocycles. The smallest absolute Gasteiger partial charge is 0.158 e. The number of nitrogens with zero attached hydrogens (tertiary/aromatic N) is 2. The molecule has 0 aliphatic carbocycles. The van der Waals surface area contributed by atoms with E-state index in [9.17, 15) is 0 Å². The van der Waals surface area contributed by atoms with Crippen molar-refractivity contribution < 1.29 is 4.74 Å². The van der Waals surface area contributed by atoms with Crippen LogP contribution in [-0.2, 0) is 11.3 Å². The number of nitrogens with one attached hydrogen (secondary N) is 2. The Kier molecular flexibility index (Phi) is 7.30. The van der Waals surface area contributed by atoms with E-state index in [-0.39, 0.29) is 0 Å². The monoisotopic (exact) mass is 280 g/mol. The predicted octanol–water partition coefficient (Wildman–Crippen LogP) is 3.15. The summed E-state index contributed by atoms with van der Waals surface area (Å²) in [5.41, 5.74) is 0. The van der Waals surface area contributed by atoms with E-state index >= 15 is 0 Å². The first-order valence-corrected chi connectivity index (χ1v) is 7.50. The summed E-state index contributed by atoms with van der Waals surface area (Å²) in [6.07, 6.45) is 0. The molecule has 1 heterocycles. The molecule has 0 aliphatic rings. The standard InChI is InChI=1S/C15H28N4O/c1-6-16-13-8-14(17-9-12(5)11(3)4)19-15(18-13)10-20-7-2/h8,11-12H,6-7,9-10H2,1-5H3,(H2,16,17,18,19). The molecule has 0 saturated heterocycles. The molecule has 5 heteroatoms. The van der Waals surface area contributed by atoms with Crippen LogP contribution >= 0.6 is 0 Å². The van der Waals surface area contributed by atoms with Crippen molar-refractivity contribution >= 4 is 11.6 Å². The van der Waals surface area contributed by atoms with E-state index in [1.54, 1.807) is 0 Å². The highest BCUT2D eigenvalue weighted by atomic mass is 16.5. The van der Waals surface area contributed by atoms with Crippen LogP contribution in [0.2, 0.25) is 0 Å². The third-order valence-corrected chi connectivity index (χ3v) is 3.31. The quantitative estimate of drug-likeness (QED) is 0.727. The molecule has 2 N–H and O–H groups in total. The number of hydrogen-bond acceptors (Lipinski definition) is 5. The average molecular weight is 280 g/mol. The van der Waals surface area contributed by atoms with Gasteiger partial charge in [-0.05, 0) is 25.7 Å². The minimum absolute atomic E-state index is 0.449. The van der Waals surface area contributed by atoms with Gasteiger partial charge in [-0.2, -0.15) is 0 Å². The number of aromatic nitrogens is 2. The summed E-state index contributed by atoms with van der Waals surface area (Å²) in [5.74, 6) is 3.67. The van der Waals surface area contributed by atoms with Crippen molar-refractivity contribution in [2.24, 2.45) is 11.8 Å². The minimum atomic E-state index is 0.449. The molecule has 0 aliphatic heterocycles. The van der Waals surface area contributed by atoms with Gasteiger partial charge >= 0.3 is 0 Å². The maximum atomic E-state index is 5.39. The highest BCUT2D eigenvalue weighted by Crippen LogP contribution is 2.15. The summed E-state index contributed by atoms with van der Waals surface area (Å²) in [6.45, 7) is 13.6. The Balaban J connectivity index is 2.74. The molecule has 1 atom stereocenters. The first kappa shape index (κ1) is 16.7.